The predicted octanol–water partition coefficient (Wildman–Crippen LogP) is 1.51. The first kappa shape index (κ1) is 14.8. The molecule has 2 atom stereocenters. The molecule has 3 N–H and O–H groups in total. The molecule has 4 nitrogen and oxygen atoms in total. The average Bonchev–Trinajstić information content (AvgIpc) is 2.77. The molecule has 1 aliphatic heterocycles. The second-order valence-corrected chi connectivity index (χ2v) is 6.44. The third kappa shape index (κ3) is 3.11. The molecule has 1 saturated heterocycles. The first-order chi connectivity index (χ1) is 9.09. The SMILES string of the molecule is CC(O)C1CCN(C(=O)C2(CN)CCCCCC2)C1. The molecular formula is C15H28N2O2. The number of hydrogen-bond donors (Lipinski definition) is 2. The minimum Gasteiger partial charge on any atom is -0.393 e. The van der Waals surface area contributed by atoms with E-state index >= 15 is 0 Å². The molecule has 1 aliphatic carbocycles. The summed E-state index contributed by atoms with van der Waals surface area (Å²) in [6.07, 6.45) is 7.19. The van der Waals surface area contributed by atoms with E-state index < -0.39 is 0 Å². The number of nitrogens with zero attached hydrogens (tertiary/aromatic N) is 1. The van der Waals surface area contributed by atoms with Gasteiger partial charge in [-0.1, -0.05) is 25.7 Å². The van der Waals surface area contributed by atoms with Crippen molar-refractivity contribution >= 4 is 5.91 Å². The fourth-order valence-corrected chi connectivity index (χ4v) is 3.61. The zero-order valence-corrected chi connectivity index (χ0v) is 12.1. The largest absolute Gasteiger partial charge is 0.393 e. The third-order valence-corrected chi connectivity index (χ3v) is 5.10. The van der Waals surface area contributed by atoms with Crippen molar-refractivity contribution in [1.29, 1.82) is 0 Å². The highest BCUT2D eigenvalue weighted by Crippen LogP contribution is 2.37. The van der Waals surface area contributed by atoms with Gasteiger partial charge in [0, 0.05) is 25.6 Å². The Morgan fingerprint density at radius 2 is 2.00 bits per heavy atom. The lowest BCUT2D eigenvalue weighted by molar-refractivity contribution is -0.141. The molecule has 0 spiro atoms. The van der Waals surface area contributed by atoms with Crippen molar-refractivity contribution in [3.63, 3.8) is 0 Å². The van der Waals surface area contributed by atoms with Crippen LogP contribution >= 0.6 is 0 Å². The van der Waals surface area contributed by atoms with Crippen LogP contribution in [-0.2, 0) is 4.79 Å². The fourth-order valence-electron chi connectivity index (χ4n) is 3.61. The number of likely N-dealkylation sites (tertiary alicyclic amines) is 1. The summed E-state index contributed by atoms with van der Waals surface area (Å²) < 4.78 is 0. The van der Waals surface area contributed by atoms with E-state index in [2.05, 4.69) is 0 Å². The van der Waals surface area contributed by atoms with Crippen LogP contribution in [0.4, 0.5) is 0 Å². The summed E-state index contributed by atoms with van der Waals surface area (Å²) in [6.45, 7) is 3.79. The number of hydrogen-bond acceptors (Lipinski definition) is 3. The number of amides is 1. The number of rotatable bonds is 3. The first-order valence-corrected chi connectivity index (χ1v) is 7.76. The van der Waals surface area contributed by atoms with Crippen LogP contribution in [0.1, 0.15) is 51.9 Å². The maximum absolute atomic E-state index is 12.8. The molecule has 2 aliphatic rings. The van der Waals surface area contributed by atoms with Crippen LogP contribution in [0.25, 0.3) is 0 Å². The summed E-state index contributed by atoms with van der Waals surface area (Å²) in [7, 11) is 0. The van der Waals surface area contributed by atoms with Crippen LogP contribution in [-0.4, -0.2) is 41.7 Å². The van der Waals surface area contributed by atoms with Gasteiger partial charge in [-0.25, -0.2) is 0 Å². The molecule has 0 bridgehead atoms. The van der Waals surface area contributed by atoms with Crippen LogP contribution in [0.15, 0.2) is 0 Å². The van der Waals surface area contributed by atoms with Crippen molar-refractivity contribution in [1.82, 2.24) is 4.90 Å². The van der Waals surface area contributed by atoms with Gasteiger partial charge in [-0.2, -0.15) is 0 Å². The molecule has 2 fully saturated rings. The Labute approximate surface area is 116 Å². The van der Waals surface area contributed by atoms with E-state index in [9.17, 15) is 9.90 Å². The highest BCUT2D eigenvalue weighted by Gasteiger charge is 2.42. The van der Waals surface area contributed by atoms with Crippen LogP contribution in [0.3, 0.4) is 0 Å². The van der Waals surface area contributed by atoms with Crippen LogP contribution in [0, 0.1) is 11.3 Å². The van der Waals surface area contributed by atoms with Crippen molar-refractivity contribution in [2.75, 3.05) is 19.6 Å². The summed E-state index contributed by atoms with van der Waals surface area (Å²) in [6, 6.07) is 0. The van der Waals surface area contributed by atoms with E-state index in [0.717, 1.165) is 38.6 Å². The van der Waals surface area contributed by atoms with E-state index in [4.69, 9.17) is 5.73 Å². The Balaban J connectivity index is 2.04. The number of carbonyl (C=O) groups excluding carboxylic acids is 1. The highest BCUT2D eigenvalue weighted by molar-refractivity contribution is 5.83. The number of aliphatic hydroxyl groups excluding tert-OH is 1. The minimum atomic E-state index is -0.319. The van der Waals surface area contributed by atoms with Gasteiger partial charge in [0.2, 0.25) is 5.91 Å². The van der Waals surface area contributed by atoms with Crippen LogP contribution < -0.4 is 5.73 Å². The fraction of sp³-hybridized carbons (Fsp3) is 0.933. The van der Waals surface area contributed by atoms with E-state index in [1.54, 1.807) is 0 Å². The second-order valence-electron chi connectivity index (χ2n) is 6.44. The average molecular weight is 268 g/mol. The van der Waals surface area contributed by atoms with Gasteiger partial charge in [0.05, 0.1) is 11.5 Å². The van der Waals surface area contributed by atoms with Crippen molar-refractivity contribution in [3.8, 4) is 0 Å². The standard InChI is InChI=1S/C15H28N2O2/c1-12(18)13-6-9-17(10-13)14(19)15(11-16)7-4-2-3-5-8-15/h12-13,18H,2-11,16H2,1H3. The maximum Gasteiger partial charge on any atom is 0.230 e. The van der Waals surface area contributed by atoms with Crippen molar-refractivity contribution in [2.24, 2.45) is 17.1 Å². The highest BCUT2D eigenvalue weighted by atomic mass is 16.3. The minimum absolute atomic E-state index is 0.240. The summed E-state index contributed by atoms with van der Waals surface area (Å²) in [4.78, 5) is 14.8. The Hall–Kier alpha value is -0.610. The summed E-state index contributed by atoms with van der Waals surface area (Å²) in [5.41, 5.74) is 5.66. The second kappa shape index (κ2) is 6.23. The summed E-state index contributed by atoms with van der Waals surface area (Å²) in [5, 5.41) is 9.67. The molecule has 1 amide bonds. The number of nitrogens with two attached hydrogens (primary N) is 1. The lowest BCUT2D eigenvalue weighted by atomic mass is 9.79. The zero-order chi connectivity index (χ0) is 13.9. The molecule has 0 aromatic carbocycles. The van der Waals surface area contributed by atoms with Crippen molar-refractivity contribution in [2.45, 2.75) is 58.0 Å². The lowest BCUT2D eigenvalue weighted by Gasteiger charge is -2.34. The van der Waals surface area contributed by atoms with Gasteiger partial charge in [-0.3, -0.25) is 4.79 Å². The number of carbonyl (C=O) groups is 1. The van der Waals surface area contributed by atoms with Gasteiger partial charge in [0.15, 0.2) is 0 Å². The quantitative estimate of drug-likeness (QED) is 0.763. The van der Waals surface area contributed by atoms with E-state index in [-0.39, 0.29) is 23.3 Å². The topological polar surface area (TPSA) is 66.6 Å². The summed E-state index contributed by atoms with van der Waals surface area (Å²) >= 11 is 0. The van der Waals surface area contributed by atoms with Crippen LogP contribution in [0.5, 0.6) is 0 Å². The molecule has 0 aromatic rings. The van der Waals surface area contributed by atoms with Gasteiger partial charge >= 0.3 is 0 Å². The van der Waals surface area contributed by atoms with Crippen LogP contribution in [0.2, 0.25) is 0 Å². The van der Waals surface area contributed by atoms with E-state index in [1.165, 1.54) is 12.8 Å². The molecule has 0 radical (unpaired) electrons. The molecule has 0 aromatic heterocycles. The Morgan fingerprint density at radius 1 is 1.37 bits per heavy atom. The molecule has 1 heterocycles. The maximum atomic E-state index is 12.8. The van der Waals surface area contributed by atoms with Crippen molar-refractivity contribution < 1.29 is 9.90 Å². The predicted molar refractivity (Wildman–Crippen MR) is 75.6 cm³/mol. The molecule has 2 unspecified atom stereocenters. The normalized spacial score (nSPS) is 29.0. The molecule has 19 heavy (non-hydrogen) atoms. The molecule has 4 heteroatoms. The zero-order valence-electron chi connectivity index (χ0n) is 12.1. The number of aliphatic hydroxyl groups is 1. The van der Waals surface area contributed by atoms with Gasteiger partial charge in [0.25, 0.3) is 0 Å². The van der Waals surface area contributed by atoms with Gasteiger partial charge in [-0.15, -0.1) is 0 Å². The smallest absolute Gasteiger partial charge is 0.230 e. The Kier molecular flexibility index (Phi) is 4.85. The van der Waals surface area contributed by atoms with E-state index in [0.29, 0.717) is 13.1 Å². The molecule has 1 saturated carbocycles. The third-order valence-electron chi connectivity index (χ3n) is 5.10. The first-order valence-electron chi connectivity index (χ1n) is 7.76. The molecular weight excluding hydrogens is 240 g/mol. The molecule has 110 valence electrons. The Bertz CT molecular complexity index is 309. The summed E-state index contributed by atoms with van der Waals surface area (Å²) in [5.74, 6) is 0.490. The van der Waals surface area contributed by atoms with Gasteiger partial charge in [-0.05, 0) is 26.2 Å². The monoisotopic (exact) mass is 268 g/mol. The Morgan fingerprint density at radius 3 is 2.47 bits per heavy atom. The molecule has 2 rings (SSSR count). The van der Waals surface area contributed by atoms with Gasteiger partial charge < -0.3 is 15.7 Å². The lowest BCUT2D eigenvalue weighted by Crippen LogP contribution is -2.47. The van der Waals surface area contributed by atoms with Gasteiger partial charge in [0.1, 0.15) is 0 Å². The van der Waals surface area contributed by atoms with E-state index in [1.807, 2.05) is 11.8 Å². The van der Waals surface area contributed by atoms with Crippen molar-refractivity contribution in [3.05, 3.63) is 0 Å².